The number of rotatable bonds is 9. The normalized spacial score (nSPS) is 19.8. The maximum Gasteiger partial charge on any atom is 0.435 e. The van der Waals surface area contributed by atoms with Crippen molar-refractivity contribution in [1.29, 1.82) is 0 Å². The minimum Gasteiger partial charge on any atom is -0.379 e. The van der Waals surface area contributed by atoms with Crippen molar-refractivity contribution in [1.82, 2.24) is 30.1 Å². The molecule has 41 heavy (non-hydrogen) atoms. The van der Waals surface area contributed by atoms with Gasteiger partial charge in [-0.3, -0.25) is 14.3 Å². The van der Waals surface area contributed by atoms with E-state index < -0.39 is 41.1 Å². The first kappa shape index (κ1) is 30.2. The molecule has 0 aliphatic carbocycles. The molecule has 1 N–H and O–H groups in total. The highest BCUT2D eigenvalue weighted by atomic mass is 19.4. The molecule has 1 unspecified atom stereocenters. The van der Waals surface area contributed by atoms with Crippen LogP contribution in [0.1, 0.15) is 59.5 Å². The van der Waals surface area contributed by atoms with Gasteiger partial charge in [0.25, 0.3) is 5.91 Å². The quantitative estimate of drug-likeness (QED) is 0.206. The number of hydrogen-bond acceptors (Lipinski definition) is 8. The van der Waals surface area contributed by atoms with Crippen molar-refractivity contribution in [2.24, 2.45) is 5.10 Å². The number of carbonyl (C=O) groups excluding carboxylic acids is 2. The molecular formula is C24H28F6N8O3. The van der Waals surface area contributed by atoms with E-state index in [0.29, 0.717) is 25.9 Å². The Morgan fingerprint density at radius 2 is 1.78 bits per heavy atom. The number of anilines is 1. The van der Waals surface area contributed by atoms with Crippen LogP contribution in [-0.2, 0) is 21.9 Å². The van der Waals surface area contributed by atoms with Gasteiger partial charge in [0.05, 0.1) is 48.9 Å². The monoisotopic (exact) mass is 590 g/mol. The Morgan fingerprint density at radius 1 is 1.12 bits per heavy atom. The second-order valence-corrected chi connectivity index (χ2v) is 9.79. The lowest BCUT2D eigenvalue weighted by atomic mass is 10.1. The van der Waals surface area contributed by atoms with Gasteiger partial charge in [-0.25, -0.2) is 15.4 Å². The molecule has 0 bridgehead atoms. The van der Waals surface area contributed by atoms with E-state index in [9.17, 15) is 35.9 Å². The molecule has 3 atom stereocenters. The third-order valence-corrected chi connectivity index (χ3v) is 7.18. The van der Waals surface area contributed by atoms with Gasteiger partial charge in [-0.2, -0.15) is 36.5 Å². The number of aromatic nitrogens is 4. The summed E-state index contributed by atoms with van der Waals surface area (Å²) in [6.45, 7) is 6.81. The molecule has 17 heteroatoms. The summed E-state index contributed by atoms with van der Waals surface area (Å²) in [6, 6.07) is -0.952. The highest BCUT2D eigenvalue weighted by molar-refractivity contribution is 5.96. The third kappa shape index (κ3) is 6.28. The zero-order valence-corrected chi connectivity index (χ0v) is 22.2. The minimum atomic E-state index is -4.88. The average molecular weight is 591 g/mol. The van der Waals surface area contributed by atoms with E-state index in [0.717, 1.165) is 17.1 Å². The lowest BCUT2D eigenvalue weighted by molar-refractivity contribution is -0.142. The summed E-state index contributed by atoms with van der Waals surface area (Å²) in [6.07, 6.45) is -6.68. The first-order valence-corrected chi connectivity index (χ1v) is 12.7. The second kappa shape index (κ2) is 11.6. The van der Waals surface area contributed by atoms with Crippen LogP contribution < -0.4 is 10.3 Å². The standard InChI is InChI=1S/C24H28F6N8O3/c1-13(38-14(2)19(21(40)34-31-3)20(35-38)24(28,29)30)12-41-9-6-18(39)36-7-4-17-16(36)5-8-37(17)22-32-10-15(11-33-22)23(25,26)27/h10-11,13,16-17H,3-9,12H2,1-2H3,(H,34,40)/t13?,16-,17-/m1/s1. The third-order valence-electron chi connectivity index (χ3n) is 7.18. The Balaban J connectivity index is 1.30. The molecular weight excluding hydrogens is 562 g/mol. The van der Waals surface area contributed by atoms with Crippen LogP contribution in [0.4, 0.5) is 32.3 Å². The molecule has 2 fully saturated rings. The Labute approximate surface area is 230 Å². The predicted octanol–water partition coefficient (Wildman–Crippen LogP) is 3.21. The van der Waals surface area contributed by atoms with E-state index in [2.05, 4.69) is 26.9 Å². The van der Waals surface area contributed by atoms with Crippen LogP contribution in [0.25, 0.3) is 0 Å². The first-order valence-electron chi connectivity index (χ1n) is 12.7. The van der Waals surface area contributed by atoms with Gasteiger partial charge in [-0.15, -0.1) is 0 Å². The van der Waals surface area contributed by atoms with Crippen molar-refractivity contribution in [3.63, 3.8) is 0 Å². The minimum absolute atomic E-state index is 0.00294. The summed E-state index contributed by atoms with van der Waals surface area (Å²) >= 11 is 0. The lowest BCUT2D eigenvalue weighted by Crippen LogP contribution is -2.40. The van der Waals surface area contributed by atoms with Crippen LogP contribution in [0.15, 0.2) is 17.5 Å². The molecule has 2 aromatic heterocycles. The number of carbonyl (C=O) groups is 2. The number of hydrogen-bond donors (Lipinski definition) is 1. The van der Waals surface area contributed by atoms with E-state index in [-0.39, 0.29) is 49.3 Å². The number of likely N-dealkylation sites (tertiary alicyclic amines) is 1. The first-order chi connectivity index (χ1) is 19.2. The fourth-order valence-electron chi connectivity index (χ4n) is 5.33. The molecule has 2 saturated heterocycles. The van der Waals surface area contributed by atoms with E-state index in [1.54, 1.807) is 11.8 Å². The molecule has 2 aromatic rings. The van der Waals surface area contributed by atoms with Crippen LogP contribution in [0.3, 0.4) is 0 Å². The van der Waals surface area contributed by atoms with Gasteiger partial charge < -0.3 is 14.5 Å². The number of nitrogens with zero attached hydrogens (tertiary/aromatic N) is 7. The van der Waals surface area contributed by atoms with E-state index in [1.807, 2.05) is 10.3 Å². The second-order valence-electron chi connectivity index (χ2n) is 9.79. The zero-order chi connectivity index (χ0) is 30.1. The van der Waals surface area contributed by atoms with Crippen LogP contribution in [-0.4, -0.2) is 81.6 Å². The van der Waals surface area contributed by atoms with Crippen molar-refractivity contribution in [2.45, 2.75) is 63.6 Å². The number of nitrogens with one attached hydrogen (secondary N) is 1. The molecule has 0 saturated carbocycles. The number of fused-ring (bicyclic) bond motifs is 1. The number of hydrazone groups is 1. The van der Waals surface area contributed by atoms with Gasteiger partial charge in [0.1, 0.15) is 0 Å². The van der Waals surface area contributed by atoms with Crippen LogP contribution in [0, 0.1) is 6.92 Å². The largest absolute Gasteiger partial charge is 0.435 e. The Kier molecular flexibility index (Phi) is 8.56. The molecule has 2 aliphatic heterocycles. The van der Waals surface area contributed by atoms with E-state index in [1.165, 1.54) is 6.92 Å². The number of halogens is 6. The molecule has 4 rings (SSSR count). The van der Waals surface area contributed by atoms with Gasteiger partial charge in [0.15, 0.2) is 5.69 Å². The Morgan fingerprint density at radius 3 is 2.39 bits per heavy atom. The predicted molar refractivity (Wildman–Crippen MR) is 132 cm³/mol. The smallest absolute Gasteiger partial charge is 0.379 e. The molecule has 0 spiro atoms. The molecule has 2 aliphatic rings. The van der Waals surface area contributed by atoms with Crippen molar-refractivity contribution in [2.75, 3.05) is 31.2 Å². The van der Waals surface area contributed by atoms with Gasteiger partial charge in [-0.05, 0) is 26.7 Å². The highest BCUT2D eigenvalue weighted by Crippen LogP contribution is 2.36. The van der Waals surface area contributed by atoms with Gasteiger partial charge in [-0.1, -0.05) is 0 Å². The topological polar surface area (TPSA) is 118 Å². The van der Waals surface area contributed by atoms with Gasteiger partial charge >= 0.3 is 12.4 Å². The van der Waals surface area contributed by atoms with Gasteiger partial charge in [0.2, 0.25) is 11.9 Å². The summed E-state index contributed by atoms with van der Waals surface area (Å²) in [7, 11) is 0. The summed E-state index contributed by atoms with van der Waals surface area (Å²) in [5, 5.41) is 6.72. The SMILES string of the molecule is C=NNC(=O)c1c(C(F)(F)F)nn(C(C)COCCC(=O)N2CC[C@@H]3[C@H]2CCN3c2ncc(C(F)(F)F)cn2)c1C. The zero-order valence-electron chi connectivity index (χ0n) is 22.2. The summed E-state index contributed by atoms with van der Waals surface area (Å²) in [5.74, 6) is -1.08. The summed E-state index contributed by atoms with van der Waals surface area (Å²) < 4.78 is 85.6. The Hall–Kier alpha value is -3.76. The summed E-state index contributed by atoms with van der Waals surface area (Å²) in [4.78, 5) is 36.3. The highest BCUT2D eigenvalue weighted by Gasteiger charge is 2.45. The number of ether oxygens (including phenoxy) is 1. The molecule has 11 nitrogen and oxygen atoms in total. The molecule has 4 heterocycles. The molecule has 2 amide bonds. The van der Waals surface area contributed by atoms with Crippen LogP contribution in [0.2, 0.25) is 0 Å². The van der Waals surface area contributed by atoms with Gasteiger partial charge in [0, 0.05) is 37.9 Å². The lowest BCUT2D eigenvalue weighted by Gasteiger charge is -2.26. The van der Waals surface area contributed by atoms with Crippen LogP contribution >= 0.6 is 0 Å². The molecule has 0 radical (unpaired) electrons. The molecule has 224 valence electrons. The average Bonchev–Trinajstić information content (AvgIpc) is 3.59. The summed E-state index contributed by atoms with van der Waals surface area (Å²) in [5.41, 5.74) is -1.09. The van der Waals surface area contributed by atoms with Crippen molar-refractivity contribution >= 4 is 24.5 Å². The Bertz CT molecular complexity index is 1280. The van der Waals surface area contributed by atoms with Crippen molar-refractivity contribution in [3.8, 4) is 0 Å². The fourth-order valence-corrected chi connectivity index (χ4v) is 5.33. The van der Waals surface area contributed by atoms with Crippen LogP contribution in [0.5, 0.6) is 0 Å². The maximum absolute atomic E-state index is 13.5. The molecule has 0 aromatic carbocycles. The maximum atomic E-state index is 13.5. The van der Waals surface area contributed by atoms with E-state index >= 15 is 0 Å². The number of alkyl halides is 6. The van der Waals surface area contributed by atoms with E-state index in [4.69, 9.17) is 4.74 Å². The fraction of sp³-hybridized carbons (Fsp3) is 0.583. The van der Waals surface area contributed by atoms with Crippen molar-refractivity contribution < 1.29 is 40.7 Å². The van der Waals surface area contributed by atoms with Crippen molar-refractivity contribution in [3.05, 3.63) is 34.9 Å². The number of amides is 2.